The summed E-state index contributed by atoms with van der Waals surface area (Å²) in [6, 6.07) is 6.12. The van der Waals surface area contributed by atoms with Gasteiger partial charge in [-0.3, -0.25) is 0 Å². The maximum Gasteiger partial charge on any atom is 2.00 e. The summed E-state index contributed by atoms with van der Waals surface area (Å²) in [5.74, 6) is -0.367. The number of hydrogen-bond acceptors (Lipinski definition) is 0. The second-order valence-electron chi connectivity index (χ2n) is 1.41. The van der Waals surface area contributed by atoms with Gasteiger partial charge in [0.1, 0.15) is 5.82 Å². The first-order valence-corrected chi connectivity index (χ1v) is 2.58. The summed E-state index contributed by atoms with van der Waals surface area (Å²) in [5, 5.41) is 0.174. The van der Waals surface area contributed by atoms with Gasteiger partial charge in [-0.1, -0.05) is 23.7 Å². The zero-order valence-electron chi connectivity index (χ0n) is 6.77. The molecule has 0 aliphatic heterocycles. The third-order valence-corrected chi connectivity index (χ3v) is 1.13. The van der Waals surface area contributed by atoms with E-state index < -0.39 is 0 Å². The minimum absolute atomic E-state index is 0. The molecule has 46 valence electrons. The molecule has 0 radical (unpaired) electrons. The molecule has 0 heterocycles. The molecule has 0 aromatic heterocycles. The molecule has 0 atom stereocenters. The van der Waals surface area contributed by atoms with Gasteiger partial charge in [-0.25, -0.2) is 4.39 Å². The van der Waals surface area contributed by atoms with Crippen LogP contribution in [0.4, 0.5) is 4.39 Å². The molecule has 0 N–H and O–H groups in total. The van der Waals surface area contributed by atoms with E-state index in [1.54, 1.807) is 12.1 Å². The van der Waals surface area contributed by atoms with Gasteiger partial charge in [0, 0.05) is 0 Å². The van der Waals surface area contributed by atoms with Crippen LogP contribution in [0, 0.1) is 5.82 Å². The van der Waals surface area contributed by atoms with Crippen LogP contribution in [0.2, 0.25) is 5.02 Å². The van der Waals surface area contributed by atoms with E-state index in [0.29, 0.717) is 0 Å². The molecular formula is C6H6ClFMg. The van der Waals surface area contributed by atoms with Gasteiger partial charge in [0.15, 0.2) is 0 Å². The van der Waals surface area contributed by atoms with Crippen LogP contribution in [0.3, 0.4) is 0 Å². The summed E-state index contributed by atoms with van der Waals surface area (Å²) in [6.45, 7) is 0. The van der Waals surface area contributed by atoms with Crippen molar-refractivity contribution in [2.45, 2.75) is 0 Å². The summed E-state index contributed by atoms with van der Waals surface area (Å²) in [5.41, 5.74) is 0. The monoisotopic (exact) mass is 156 g/mol. The van der Waals surface area contributed by atoms with Crippen LogP contribution in [-0.2, 0) is 0 Å². The zero-order chi connectivity index (χ0) is 5.98. The van der Waals surface area contributed by atoms with Crippen LogP contribution < -0.4 is 0 Å². The van der Waals surface area contributed by atoms with Crippen LogP contribution in [0.25, 0.3) is 0 Å². The summed E-state index contributed by atoms with van der Waals surface area (Å²) in [4.78, 5) is 0. The van der Waals surface area contributed by atoms with Crippen LogP contribution in [0.15, 0.2) is 24.3 Å². The third-order valence-electron chi connectivity index (χ3n) is 0.824. The topological polar surface area (TPSA) is 0 Å². The Kier molecular flexibility index (Phi) is 4.18. The maximum absolute atomic E-state index is 12.2. The van der Waals surface area contributed by atoms with Crippen molar-refractivity contribution >= 4 is 34.7 Å². The van der Waals surface area contributed by atoms with Crippen molar-refractivity contribution in [2.24, 2.45) is 0 Å². The van der Waals surface area contributed by atoms with Gasteiger partial charge < -0.3 is 2.85 Å². The Labute approximate surface area is 77.1 Å². The zero-order valence-corrected chi connectivity index (χ0v) is 6.94. The molecule has 0 amide bonds. The summed E-state index contributed by atoms with van der Waals surface area (Å²) >= 11 is 5.33. The minimum atomic E-state index is -0.367. The Morgan fingerprint density at radius 2 is 1.89 bits per heavy atom. The fourth-order valence-corrected chi connectivity index (χ4v) is 0.575. The van der Waals surface area contributed by atoms with E-state index in [2.05, 4.69) is 0 Å². The van der Waals surface area contributed by atoms with Crippen LogP contribution >= 0.6 is 11.6 Å². The quantitative estimate of drug-likeness (QED) is 0.506. The van der Waals surface area contributed by atoms with Crippen molar-refractivity contribution in [3.8, 4) is 0 Å². The van der Waals surface area contributed by atoms with E-state index >= 15 is 0 Å². The smallest absolute Gasteiger partial charge is 1.00 e. The molecule has 0 spiro atoms. The SMILES string of the molecule is Fc1ccccc1Cl.[H-].[H-].[Mg+2]. The predicted octanol–water partition coefficient (Wildman–Crippen LogP) is 2.32. The third kappa shape index (κ3) is 2.52. The Morgan fingerprint density at radius 3 is 2.22 bits per heavy atom. The van der Waals surface area contributed by atoms with Gasteiger partial charge in [0.05, 0.1) is 5.02 Å². The fourth-order valence-electron chi connectivity index (χ4n) is 0.439. The van der Waals surface area contributed by atoms with Crippen LogP contribution in [0.5, 0.6) is 0 Å². The van der Waals surface area contributed by atoms with Crippen molar-refractivity contribution in [3.05, 3.63) is 35.1 Å². The molecule has 0 nitrogen and oxygen atoms in total. The van der Waals surface area contributed by atoms with Gasteiger partial charge in [-0.15, -0.1) is 0 Å². The Morgan fingerprint density at radius 1 is 1.33 bits per heavy atom. The molecule has 1 aromatic carbocycles. The number of halogens is 2. The van der Waals surface area contributed by atoms with Crippen LogP contribution in [-0.4, -0.2) is 23.1 Å². The second-order valence-corrected chi connectivity index (χ2v) is 1.82. The number of hydrogen-bond donors (Lipinski definition) is 0. The first kappa shape index (κ1) is 9.21. The predicted molar refractivity (Wildman–Crippen MR) is 39.4 cm³/mol. The molecule has 0 unspecified atom stereocenters. The normalized spacial score (nSPS) is 8.22. The van der Waals surface area contributed by atoms with Crippen molar-refractivity contribution < 1.29 is 7.24 Å². The molecule has 0 bridgehead atoms. The number of rotatable bonds is 0. The second kappa shape index (κ2) is 4.09. The van der Waals surface area contributed by atoms with E-state index in [1.165, 1.54) is 12.1 Å². The minimum Gasteiger partial charge on any atom is -1.00 e. The molecule has 0 saturated carbocycles. The van der Waals surface area contributed by atoms with E-state index in [1.807, 2.05) is 0 Å². The van der Waals surface area contributed by atoms with E-state index in [9.17, 15) is 4.39 Å². The van der Waals surface area contributed by atoms with Gasteiger partial charge in [-0.2, -0.15) is 0 Å². The van der Waals surface area contributed by atoms with E-state index in [4.69, 9.17) is 11.6 Å². The Hall–Kier alpha value is 0.206. The molecule has 0 aliphatic carbocycles. The van der Waals surface area contributed by atoms with E-state index in [-0.39, 0.29) is 36.7 Å². The average molecular weight is 157 g/mol. The molecule has 1 aromatic rings. The van der Waals surface area contributed by atoms with Gasteiger partial charge >= 0.3 is 23.1 Å². The largest absolute Gasteiger partial charge is 2.00 e. The van der Waals surface area contributed by atoms with Crippen molar-refractivity contribution in [1.82, 2.24) is 0 Å². The van der Waals surface area contributed by atoms with Crippen molar-refractivity contribution in [3.63, 3.8) is 0 Å². The summed E-state index contributed by atoms with van der Waals surface area (Å²) in [7, 11) is 0. The average Bonchev–Trinajstić information content (AvgIpc) is 1.77. The summed E-state index contributed by atoms with van der Waals surface area (Å²) < 4.78 is 12.2. The van der Waals surface area contributed by atoms with Crippen LogP contribution in [0.1, 0.15) is 2.85 Å². The fraction of sp³-hybridized carbons (Fsp3) is 0. The Balaban J connectivity index is -0.000000213. The first-order valence-electron chi connectivity index (χ1n) is 2.21. The van der Waals surface area contributed by atoms with Crippen molar-refractivity contribution in [2.75, 3.05) is 0 Å². The molecule has 9 heavy (non-hydrogen) atoms. The molecular weight excluding hydrogens is 151 g/mol. The Bertz CT molecular complexity index is 177. The standard InChI is InChI=1S/C6H4ClF.Mg.2H/c7-5-3-1-2-4-6(5)8;;;/h1-4H;;;/q;+2;2*-1. The maximum atomic E-state index is 12.2. The molecule has 1 rings (SSSR count). The molecule has 0 saturated heterocycles. The van der Waals surface area contributed by atoms with Gasteiger partial charge in [0.2, 0.25) is 0 Å². The van der Waals surface area contributed by atoms with Crippen molar-refractivity contribution in [1.29, 1.82) is 0 Å². The molecule has 3 heteroatoms. The first-order chi connectivity index (χ1) is 3.80. The molecule has 0 fully saturated rings. The van der Waals surface area contributed by atoms with E-state index in [0.717, 1.165) is 0 Å². The summed E-state index contributed by atoms with van der Waals surface area (Å²) in [6.07, 6.45) is 0. The van der Waals surface area contributed by atoms with Gasteiger partial charge in [-0.05, 0) is 12.1 Å². The molecule has 0 aliphatic rings. The van der Waals surface area contributed by atoms with Gasteiger partial charge in [0.25, 0.3) is 0 Å². The number of benzene rings is 1.